The Labute approximate surface area is 127 Å². The van der Waals surface area contributed by atoms with Crippen LogP contribution >= 0.6 is 23.2 Å². The van der Waals surface area contributed by atoms with Crippen LogP contribution in [-0.4, -0.2) is 11.1 Å². The summed E-state index contributed by atoms with van der Waals surface area (Å²) in [5, 5.41) is 13.3. The van der Waals surface area contributed by atoms with E-state index < -0.39 is 5.97 Å². The van der Waals surface area contributed by atoms with Gasteiger partial charge in [-0.1, -0.05) is 23.2 Å². The molecule has 104 valence electrons. The number of hydrogen-bond acceptors (Lipinski definition) is 2. The Kier molecular flexibility index (Phi) is 4.53. The van der Waals surface area contributed by atoms with Crippen LogP contribution in [0, 0.1) is 6.92 Å². The molecule has 0 heterocycles. The quantitative estimate of drug-likeness (QED) is 0.867. The maximum absolute atomic E-state index is 10.9. The summed E-state index contributed by atoms with van der Waals surface area (Å²) < 4.78 is 0. The van der Waals surface area contributed by atoms with Gasteiger partial charge in [0, 0.05) is 22.3 Å². The van der Waals surface area contributed by atoms with Gasteiger partial charge in [0.1, 0.15) is 0 Å². The Morgan fingerprint density at radius 2 is 1.80 bits per heavy atom. The largest absolute Gasteiger partial charge is 0.478 e. The number of carboxylic acids is 1. The van der Waals surface area contributed by atoms with Crippen LogP contribution in [0.1, 0.15) is 21.5 Å². The summed E-state index contributed by atoms with van der Waals surface area (Å²) in [4.78, 5) is 10.9. The molecular formula is C15H13Cl2NO2. The standard InChI is InChI=1S/C15H13Cl2NO2/c1-9-4-11(15(19)20)2-3-14(9)18-8-10-5-12(16)7-13(17)6-10/h2-7,18H,8H2,1H3,(H,19,20). The predicted molar refractivity (Wildman–Crippen MR) is 81.9 cm³/mol. The lowest BCUT2D eigenvalue weighted by molar-refractivity contribution is 0.0697. The van der Waals surface area contributed by atoms with E-state index in [2.05, 4.69) is 5.32 Å². The van der Waals surface area contributed by atoms with Crippen molar-refractivity contribution in [3.05, 3.63) is 63.1 Å². The van der Waals surface area contributed by atoms with Gasteiger partial charge in [0.25, 0.3) is 0 Å². The predicted octanol–water partition coefficient (Wildman–Crippen LogP) is 4.61. The van der Waals surface area contributed by atoms with E-state index in [1.165, 1.54) is 0 Å². The third kappa shape index (κ3) is 3.65. The first-order valence-electron chi connectivity index (χ1n) is 5.98. The van der Waals surface area contributed by atoms with E-state index in [0.29, 0.717) is 16.6 Å². The van der Waals surface area contributed by atoms with Crippen molar-refractivity contribution in [2.45, 2.75) is 13.5 Å². The topological polar surface area (TPSA) is 49.3 Å². The van der Waals surface area contributed by atoms with E-state index in [1.807, 2.05) is 19.1 Å². The molecule has 0 spiro atoms. The Morgan fingerprint density at radius 1 is 1.15 bits per heavy atom. The highest BCUT2D eigenvalue weighted by atomic mass is 35.5. The van der Waals surface area contributed by atoms with Gasteiger partial charge in [-0.15, -0.1) is 0 Å². The lowest BCUT2D eigenvalue weighted by Crippen LogP contribution is -2.03. The SMILES string of the molecule is Cc1cc(C(=O)O)ccc1NCc1cc(Cl)cc(Cl)c1. The van der Waals surface area contributed by atoms with Crippen LogP contribution in [0.3, 0.4) is 0 Å². The Hall–Kier alpha value is -1.71. The molecule has 0 bridgehead atoms. The van der Waals surface area contributed by atoms with Gasteiger partial charge in [-0.2, -0.15) is 0 Å². The summed E-state index contributed by atoms with van der Waals surface area (Å²) in [7, 11) is 0. The minimum absolute atomic E-state index is 0.277. The first-order valence-corrected chi connectivity index (χ1v) is 6.74. The van der Waals surface area contributed by atoms with Crippen molar-refractivity contribution in [3.8, 4) is 0 Å². The highest BCUT2D eigenvalue weighted by Crippen LogP contribution is 2.21. The first kappa shape index (κ1) is 14.7. The summed E-state index contributed by atoms with van der Waals surface area (Å²) in [6.07, 6.45) is 0. The maximum Gasteiger partial charge on any atom is 0.335 e. The average molecular weight is 310 g/mol. The molecule has 20 heavy (non-hydrogen) atoms. The highest BCUT2D eigenvalue weighted by molar-refractivity contribution is 6.34. The van der Waals surface area contributed by atoms with Gasteiger partial charge < -0.3 is 10.4 Å². The minimum atomic E-state index is -0.929. The van der Waals surface area contributed by atoms with Crippen molar-refractivity contribution >= 4 is 34.9 Å². The van der Waals surface area contributed by atoms with E-state index in [-0.39, 0.29) is 5.56 Å². The van der Waals surface area contributed by atoms with Gasteiger partial charge in [-0.3, -0.25) is 0 Å². The van der Waals surface area contributed by atoms with Gasteiger partial charge >= 0.3 is 5.97 Å². The van der Waals surface area contributed by atoms with Gasteiger partial charge in [0.2, 0.25) is 0 Å². The molecule has 0 aliphatic heterocycles. The number of benzene rings is 2. The number of carboxylic acid groups (broad SMARTS) is 1. The smallest absolute Gasteiger partial charge is 0.335 e. The summed E-state index contributed by atoms with van der Waals surface area (Å²) >= 11 is 11.9. The van der Waals surface area contributed by atoms with E-state index >= 15 is 0 Å². The van der Waals surface area contributed by atoms with Crippen molar-refractivity contribution in [2.24, 2.45) is 0 Å². The Morgan fingerprint density at radius 3 is 2.35 bits per heavy atom. The normalized spacial score (nSPS) is 10.3. The summed E-state index contributed by atoms with van der Waals surface area (Å²) in [6.45, 7) is 2.42. The van der Waals surface area contributed by atoms with Crippen molar-refractivity contribution in [2.75, 3.05) is 5.32 Å². The molecule has 2 rings (SSSR count). The summed E-state index contributed by atoms with van der Waals surface area (Å²) in [5.41, 5.74) is 2.99. The molecule has 2 N–H and O–H groups in total. The van der Waals surface area contributed by atoms with Crippen LogP contribution in [0.5, 0.6) is 0 Å². The molecule has 2 aromatic carbocycles. The fourth-order valence-corrected chi connectivity index (χ4v) is 2.48. The number of hydrogen-bond donors (Lipinski definition) is 2. The van der Waals surface area contributed by atoms with Crippen LogP contribution in [-0.2, 0) is 6.54 Å². The number of anilines is 1. The molecule has 5 heteroatoms. The highest BCUT2D eigenvalue weighted by Gasteiger charge is 2.06. The number of aromatic carboxylic acids is 1. The van der Waals surface area contributed by atoms with Gasteiger partial charge in [0.15, 0.2) is 0 Å². The Balaban J connectivity index is 2.12. The molecule has 0 unspecified atom stereocenters. The molecule has 0 aliphatic rings. The number of rotatable bonds is 4. The van der Waals surface area contributed by atoms with E-state index in [1.54, 1.807) is 24.3 Å². The summed E-state index contributed by atoms with van der Waals surface area (Å²) in [5.74, 6) is -0.929. The van der Waals surface area contributed by atoms with Crippen molar-refractivity contribution in [1.82, 2.24) is 0 Å². The molecule has 0 atom stereocenters. The monoisotopic (exact) mass is 309 g/mol. The lowest BCUT2D eigenvalue weighted by atomic mass is 10.1. The zero-order chi connectivity index (χ0) is 14.7. The second kappa shape index (κ2) is 6.16. The molecule has 0 amide bonds. The fraction of sp³-hybridized carbons (Fsp3) is 0.133. The second-order valence-corrected chi connectivity index (χ2v) is 5.34. The van der Waals surface area contributed by atoms with Crippen LogP contribution in [0.15, 0.2) is 36.4 Å². The van der Waals surface area contributed by atoms with Crippen LogP contribution in [0.4, 0.5) is 5.69 Å². The van der Waals surface area contributed by atoms with Crippen molar-refractivity contribution in [3.63, 3.8) is 0 Å². The second-order valence-electron chi connectivity index (χ2n) is 4.47. The Bertz CT molecular complexity index is 636. The molecule has 2 aromatic rings. The third-order valence-electron chi connectivity index (χ3n) is 2.88. The van der Waals surface area contributed by atoms with E-state index in [4.69, 9.17) is 28.3 Å². The number of nitrogens with one attached hydrogen (secondary N) is 1. The third-order valence-corrected chi connectivity index (χ3v) is 3.32. The average Bonchev–Trinajstić information content (AvgIpc) is 2.36. The maximum atomic E-state index is 10.9. The van der Waals surface area contributed by atoms with Crippen LogP contribution in [0.25, 0.3) is 0 Å². The fourth-order valence-electron chi connectivity index (χ4n) is 1.91. The van der Waals surface area contributed by atoms with Crippen LogP contribution < -0.4 is 5.32 Å². The number of halogens is 2. The number of aryl methyl sites for hydroxylation is 1. The van der Waals surface area contributed by atoms with Gasteiger partial charge in [-0.05, 0) is 54.4 Å². The molecule has 0 saturated carbocycles. The molecule has 0 fully saturated rings. The molecule has 0 radical (unpaired) electrons. The lowest BCUT2D eigenvalue weighted by Gasteiger charge is -2.11. The molecule has 0 saturated heterocycles. The summed E-state index contributed by atoms with van der Waals surface area (Å²) in [6, 6.07) is 10.3. The molecule has 0 aromatic heterocycles. The van der Waals surface area contributed by atoms with Gasteiger partial charge in [0.05, 0.1) is 5.56 Å². The van der Waals surface area contributed by atoms with E-state index in [0.717, 1.165) is 16.8 Å². The van der Waals surface area contributed by atoms with Crippen LogP contribution in [0.2, 0.25) is 10.0 Å². The van der Waals surface area contributed by atoms with E-state index in [9.17, 15) is 4.79 Å². The zero-order valence-corrected chi connectivity index (χ0v) is 12.3. The number of carbonyl (C=O) groups is 1. The van der Waals surface area contributed by atoms with Crippen molar-refractivity contribution in [1.29, 1.82) is 0 Å². The molecular weight excluding hydrogens is 297 g/mol. The molecule has 0 aliphatic carbocycles. The molecule has 3 nitrogen and oxygen atoms in total. The minimum Gasteiger partial charge on any atom is -0.478 e. The van der Waals surface area contributed by atoms with Gasteiger partial charge in [-0.25, -0.2) is 4.79 Å². The first-order chi connectivity index (χ1) is 9.45. The van der Waals surface area contributed by atoms with Crippen molar-refractivity contribution < 1.29 is 9.90 Å². The zero-order valence-electron chi connectivity index (χ0n) is 10.8.